The van der Waals surface area contributed by atoms with Crippen LogP contribution >= 0.6 is 0 Å². The van der Waals surface area contributed by atoms with Gasteiger partial charge in [0, 0.05) is 29.6 Å². The summed E-state index contributed by atoms with van der Waals surface area (Å²) in [6.07, 6.45) is 7.02. The van der Waals surface area contributed by atoms with E-state index >= 15 is 0 Å². The lowest BCUT2D eigenvalue weighted by molar-refractivity contribution is 0.0588. The van der Waals surface area contributed by atoms with Crippen LogP contribution in [0.3, 0.4) is 0 Å². The molecule has 5 heteroatoms. The Hall–Kier alpha value is -2.24. The third kappa shape index (κ3) is 4.51. The molecule has 0 radical (unpaired) electrons. The number of nitrogens with zero attached hydrogens (tertiary/aromatic N) is 2. The highest BCUT2D eigenvalue weighted by Crippen LogP contribution is 2.30. The number of aliphatic hydroxyl groups excluding tert-OH is 1. The molecule has 1 N–H and O–H groups in total. The number of carbonyl (C=O) groups excluding carboxylic acids is 1. The number of hydrogen-bond donors (Lipinski definition) is 1. The first-order valence-electron chi connectivity index (χ1n) is 10.7. The van der Waals surface area contributed by atoms with Gasteiger partial charge in [0.25, 0.3) is 0 Å². The molecule has 2 aromatic rings. The smallest absolute Gasteiger partial charge is 0.150 e. The number of carbonyl (C=O) groups is 1. The first-order valence-corrected chi connectivity index (χ1v) is 10.7. The molecule has 2 fully saturated rings. The van der Waals surface area contributed by atoms with Gasteiger partial charge in [0.15, 0.2) is 0 Å². The zero-order valence-electron chi connectivity index (χ0n) is 17.1. The van der Waals surface area contributed by atoms with Crippen molar-refractivity contribution in [3.05, 3.63) is 47.5 Å². The molecule has 1 unspecified atom stereocenters. The van der Waals surface area contributed by atoms with Gasteiger partial charge in [-0.3, -0.25) is 9.69 Å². The number of piperidine rings is 1. The number of aliphatic hydroxyl groups is 1. The molecule has 1 heterocycles. The van der Waals surface area contributed by atoms with Gasteiger partial charge in [-0.25, -0.2) is 0 Å². The maximum atomic E-state index is 11.0. The van der Waals surface area contributed by atoms with Gasteiger partial charge in [0.05, 0.1) is 11.8 Å². The molecule has 1 atom stereocenters. The van der Waals surface area contributed by atoms with Gasteiger partial charge in [-0.2, -0.15) is 0 Å². The van der Waals surface area contributed by atoms with Gasteiger partial charge in [0.2, 0.25) is 0 Å². The molecule has 1 aliphatic carbocycles. The van der Waals surface area contributed by atoms with Crippen LogP contribution in [0.2, 0.25) is 0 Å². The predicted octanol–water partition coefficient (Wildman–Crippen LogP) is 4.02. The number of benzene rings is 2. The van der Waals surface area contributed by atoms with Gasteiger partial charge < -0.3 is 9.94 Å². The molecule has 5 nitrogen and oxygen atoms in total. The standard InChI is InChI=1S/C24H30N2O3/c1-29-25-24(20-7-6-18-13-17(16-27)4-5-19(18)14-20)21-3-2-12-26(15-21)22-8-10-23(28)11-9-22/h4-7,13-14,16,21-23,28H,2-3,8-12,15H2,1H3/b25-24-. The van der Waals surface area contributed by atoms with Crippen LogP contribution in [-0.4, -0.2) is 54.3 Å². The van der Waals surface area contributed by atoms with Crippen LogP contribution in [0, 0.1) is 5.92 Å². The zero-order valence-corrected chi connectivity index (χ0v) is 17.1. The van der Waals surface area contributed by atoms with E-state index < -0.39 is 0 Å². The number of likely N-dealkylation sites (tertiary alicyclic amines) is 1. The third-order valence-electron chi connectivity index (χ3n) is 6.51. The molecule has 0 amide bonds. The SMILES string of the molecule is CO/N=C(/c1ccc2cc(C=O)ccc2c1)C1CCCN(C2CCC(O)CC2)C1. The summed E-state index contributed by atoms with van der Waals surface area (Å²) in [7, 11) is 1.61. The van der Waals surface area contributed by atoms with Crippen molar-refractivity contribution >= 4 is 22.8 Å². The van der Waals surface area contributed by atoms with Gasteiger partial charge in [-0.1, -0.05) is 29.4 Å². The Bertz CT molecular complexity index is 887. The summed E-state index contributed by atoms with van der Waals surface area (Å²) in [5.74, 6) is 0.335. The average Bonchev–Trinajstić information content (AvgIpc) is 2.77. The van der Waals surface area contributed by atoms with Crippen molar-refractivity contribution in [2.45, 2.75) is 50.7 Å². The highest BCUT2D eigenvalue weighted by molar-refractivity contribution is 6.05. The molecule has 0 spiro atoms. The van der Waals surface area contributed by atoms with E-state index in [4.69, 9.17) is 4.84 Å². The molecule has 2 aliphatic rings. The van der Waals surface area contributed by atoms with E-state index in [-0.39, 0.29) is 6.10 Å². The molecule has 4 rings (SSSR count). The Morgan fingerprint density at radius 3 is 2.62 bits per heavy atom. The number of aldehydes is 1. The second-order valence-corrected chi connectivity index (χ2v) is 8.39. The maximum absolute atomic E-state index is 11.0. The van der Waals surface area contributed by atoms with E-state index in [0.717, 1.165) is 79.9 Å². The van der Waals surface area contributed by atoms with Crippen molar-refractivity contribution in [3.8, 4) is 0 Å². The number of oxime groups is 1. The number of rotatable bonds is 5. The Kier molecular flexibility index (Phi) is 6.26. The van der Waals surface area contributed by atoms with Crippen molar-refractivity contribution in [2.24, 2.45) is 11.1 Å². The van der Waals surface area contributed by atoms with Crippen LogP contribution in [0.5, 0.6) is 0 Å². The molecule has 1 saturated heterocycles. The maximum Gasteiger partial charge on any atom is 0.150 e. The molecular formula is C24H30N2O3. The molecule has 154 valence electrons. The zero-order chi connectivity index (χ0) is 20.2. The van der Waals surface area contributed by atoms with Crippen LogP contribution in [0.1, 0.15) is 54.4 Å². The Balaban J connectivity index is 1.56. The minimum atomic E-state index is -0.116. The van der Waals surface area contributed by atoms with E-state index in [1.165, 1.54) is 0 Å². The van der Waals surface area contributed by atoms with E-state index in [0.29, 0.717) is 17.5 Å². The normalized spacial score (nSPS) is 26.4. The average molecular weight is 395 g/mol. The Morgan fingerprint density at radius 2 is 1.86 bits per heavy atom. The van der Waals surface area contributed by atoms with E-state index in [1.54, 1.807) is 7.11 Å². The lowest BCUT2D eigenvalue weighted by Crippen LogP contribution is -2.46. The van der Waals surface area contributed by atoms with Crippen LogP contribution in [0.15, 0.2) is 41.6 Å². The summed E-state index contributed by atoms with van der Waals surface area (Å²) in [5.41, 5.74) is 2.79. The van der Waals surface area contributed by atoms with Crippen molar-refractivity contribution < 1.29 is 14.7 Å². The second kappa shape index (κ2) is 9.06. The summed E-state index contributed by atoms with van der Waals surface area (Å²) >= 11 is 0. The number of hydrogen-bond acceptors (Lipinski definition) is 5. The van der Waals surface area contributed by atoms with Crippen LogP contribution in [0.25, 0.3) is 10.8 Å². The molecule has 0 aromatic heterocycles. The van der Waals surface area contributed by atoms with Gasteiger partial charge >= 0.3 is 0 Å². The highest BCUT2D eigenvalue weighted by atomic mass is 16.6. The Labute approximate surface area is 172 Å². The summed E-state index contributed by atoms with van der Waals surface area (Å²) in [6.45, 7) is 2.12. The molecule has 2 aromatic carbocycles. The second-order valence-electron chi connectivity index (χ2n) is 8.39. The monoisotopic (exact) mass is 394 g/mol. The Morgan fingerprint density at radius 1 is 1.10 bits per heavy atom. The molecule has 0 bridgehead atoms. The van der Waals surface area contributed by atoms with Crippen molar-refractivity contribution in [1.82, 2.24) is 4.90 Å². The fourth-order valence-corrected chi connectivity index (χ4v) is 4.94. The molecular weight excluding hydrogens is 364 g/mol. The number of fused-ring (bicyclic) bond motifs is 1. The fourth-order valence-electron chi connectivity index (χ4n) is 4.94. The first-order chi connectivity index (χ1) is 14.2. The summed E-state index contributed by atoms with van der Waals surface area (Å²) in [4.78, 5) is 18.9. The van der Waals surface area contributed by atoms with Crippen molar-refractivity contribution in [2.75, 3.05) is 20.2 Å². The summed E-state index contributed by atoms with van der Waals surface area (Å²) < 4.78 is 0. The van der Waals surface area contributed by atoms with E-state index in [2.05, 4.69) is 28.3 Å². The summed E-state index contributed by atoms with van der Waals surface area (Å²) in [6, 6.07) is 12.6. The van der Waals surface area contributed by atoms with E-state index in [1.807, 2.05) is 18.2 Å². The van der Waals surface area contributed by atoms with Gasteiger partial charge in [-0.15, -0.1) is 0 Å². The molecule has 1 aliphatic heterocycles. The molecule has 29 heavy (non-hydrogen) atoms. The van der Waals surface area contributed by atoms with Gasteiger partial charge in [-0.05, 0) is 68.0 Å². The minimum Gasteiger partial charge on any atom is -0.399 e. The predicted molar refractivity (Wildman–Crippen MR) is 115 cm³/mol. The highest BCUT2D eigenvalue weighted by Gasteiger charge is 2.31. The minimum absolute atomic E-state index is 0.116. The summed E-state index contributed by atoms with van der Waals surface area (Å²) in [5, 5.41) is 16.4. The topological polar surface area (TPSA) is 62.1 Å². The van der Waals surface area contributed by atoms with Gasteiger partial charge in [0.1, 0.15) is 13.4 Å². The molecule has 1 saturated carbocycles. The van der Waals surface area contributed by atoms with Crippen molar-refractivity contribution in [1.29, 1.82) is 0 Å². The quantitative estimate of drug-likeness (QED) is 0.473. The van der Waals surface area contributed by atoms with Crippen LogP contribution < -0.4 is 0 Å². The van der Waals surface area contributed by atoms with Crippen molar-refractivity contribution in [3.63, 3.8) is 0 Å². The largest absolute Gasteiger partial charge is 0.399 e. The van der Waals surface area contributed by atoms with E-state index in [9.17, 15) is 9.90 Å². The van der Waals surface area contributed by atoms with Crippen LogP contribution in [-0.2, 0) is 4.84 Å². The first kappa shape index (κ1) is 20.0. The third-order valence-corrected chi connectivity index (χ3v) is 6.51. The lowest BCUT2D eigenvalue weighted by Gasteiger charge is -2.41. The fraction of sp³-hybridized carbons (Fsp3) is 0.500. The van der Waals surface area contributed by atoms with Crippen LogP contribution in [0.4, 0.5) is 0 Å². The lowest BCUT2D eigenvalue weighted by atomic mass is 9.85.